The van der Waals surface area contributed by atoms with E-state index in [4.69, 9.17) is 20.7 Å². The van der Waals surface area contributed by atoms with Gasteiger partial charge in [0, 0.05) is 0 Å². The number of esters is 1. The molecule has 82 valence electrons. The monoisotopic (exact) mass is 205 g/mol. The van der Waals surface area contributed by atoms with E-state index in [1.54, 1.807) is 20.8 Å². The highest BCUT2D eigenvalue weighted by Crippen LogP contribution is 2.11. The highest BCUT2D eigenvalue weighted by Gasteiger charge is 2.35. The van der Waals surface area contributed by atoms with E-state index < -0.39 is 29.7 Å². The summed E-state index contributed by atoms with van der Waals surface area (Å²) >= 11 is 0. The van der Waals surface area contributed by atoms with Crippen molar-refractivity contribution >= 4 is 11.9 Å². The Kier molecular flexibility index (Phi) is 3.61. The van der Waals surface area contributed by atoms with Crippen molar-refractivity contribution in [3.63, 3.8) is 0 Å². The van der Waals surface area contributed by atoms with E-state index in [1.165, 1.54) is 0 Å². The molecule has 0 amide bonds. The first-order valence-corrected chi connectivity index (χ1v) is 4.01. The molecule has 0 aliphatic rings. The number of ether oxygens (including phenoxy) is 1. The first-order chi connectivity index (χ1) is 6.04. The third-order valence-corrected chi connectivity index (χ3v) is 1.20. The molecule has 1 atom stereocenters. The van der Waals surface area contributed by atoms with Gasteiger partial charge in [0.1, 0.15) is 5.60 Å². The summed E-state index contributed by atoms with van der Waals surface area (Å²) in [4.78, 5) is 21.4. The summed E-state index contributed by atoms with van der Waals surface area (Å²) in [6.07, 6.45) is -0.778. The van der Waals surface area contributed by atoms with Crippen molar-refractivity contribution < 1.29 is 24.5 Å². The third kappa shape index (κ3) is 4.78. The summed E-state index contributed by atoms with van der Waals surface area (Å²) in [5, 5.41) is 17.4. The van der Waals surface area contributed by atoms with Crippen LogP contribution in [0.4, 0.5) is 0 Å². The SMILES string of the molecule is CC(C)(C)OC(=O)CC(N)(O)C(=O)O. The highest BCUT2D eigenvalue weighted by atomic mass is 16.6. The van der Waals surface area contributed by atoms with Gasteiger partial charge in [-0.2, -0.15) is 0 Å². The van der Waals surface area contributed by atoms with Crippen molar-refractivity contribution in [2.75, 3.05) is 0 Å². The van der Waals surface area contributed by atoms with Crippen molar-refractivity contribution in [2.45, 2.75) is 38.5 Å². The topological polar surface area (TPSA) is 110 Å². The lowest BCUT2D eigenvalue weighted by Gasteiger charge is -2.22. The van der Waals surface area contributed by atoms with E-state index in [0.717, 1.165) is 0 Å². The normalized spacial score (nSPS) is 15.8. The Morgan fingerprint density at radius 1 is 1.36 bits per heavy atom. The van der Waals surface area contributed by atoms with Crippen LogP contribution in [0.5, 0.6) is 0 Å². The van der Waals surface area contributed by atoms with Crippen molar-refractivity contribution in [1.29, 1.82) is 0 Å². The Morgan fingerprint density at radius 3 is 2.07 bits per heavy atom. The van der Waals surface area contributed by atoms with Crippen LogP contribution in [-0.4, -0.2) is 33.5 Å². The lowest BCUT2D eigenvalue weighted by molar-refractivity contribution is -0.171. The summed E-state index contributed by atoms with van der Waals surface area (Å²) in [7, 11) is 0. The standard InChI is InChI=1S/C8H15NO5/c1-7(2,3)14-5(10)4-8(9,13)6(11)12/h13H,4,9H2,1-3H3,(H,11,12). The summed E-state index contributed by atoms with van der Waals surface area (Å²) in [6, 6.07) is 0. The van der Waals surface area contributed by atoms with Gasteiger partial charge in [0.05, 0.1) is 6.42 Å². The number of nitrogens with two attached hydrogens (primary N) is 1. The van der Waals surface area contributed by atoms with Gasteiger partial charge in [0.15, 0.2) is 0 Å². The fraction of sp³-hybridized carbons (Fsp3) is 0.750. The number of rotatable bonds is 3. The Hall–Kier alpha value is -1.14. The molecule has 0 bridgehead atoms. The molecular weight excluding hydrogens is 190 g/mol. The highest BCUT2D eigenvalue weighted by molar-refractivity contribution is 5.83. The van der Waals surface area contributed by atoms with Gasteiger partial charge in [-0.25, -0.2) is 4.79 Å². The predicted molar refractivity (Wildman–Crippen MR) is 47.2 cm³/mol. The molecule has 0 spiro atoms. The largest absolute Gasteiger partial charge is 0.478 e. The molecule has 0 aromatic heterocycles. The minimum Gasteiger partial charge on any atom is -0.478 e. The maximum Gasteiger partial charge on any atom is 0.351 e. The van der Waals surface area contributed by atoms with Crippen molar-refractivity contribution in [1.82, 2.24) is 0 Å². The molecule has 0 rings (SSSR count). The van der Waals surface area contributed by atoms with E-state index in [0.29, 0.717) is 0 Å². The quantitative estimate of drug-likeness (QED) is 0.421. The number of aliphatic hydroxyl groups is 1. The maximum atomic E-state index is 11.1. The van der Waals surface area contributed by atoms with Crippen molar-refractivity contribution in [3.8, 4) is 0 Å². The molecule has 0 aromatic carbocycles. The second-order valence-corrected chi connectivity index (χ2v) is 3.99. The Morgan fingerprint density at radius 2 is 1.79 bits per heavy atom. The van der Waals surface area contributed by atoms with Gasteiger partial charge >= 0.3 is 11.9 Å². The Balaban J connectivity index is 4.27. The van der Waals surface area contributed by atoms with Gasteiger partial charge in [-0.1, -0.05) is 0 Å². The molecular formula is C8H15NO5. The average Bonchev–Trinajstić information content (AvgIpc) is 1.79. The maximum absolute atomic E-state index is 11.1. The summed E-state index contributed by atoms with van der Waals surface area (Å²) in [5.74, 6) is -2.52. The fourth-order valence-electron chi connectivity index (χ4n) is 0.673. The molecule has 0 saturated heterocycles. The molecule has 0 heterocycles. The molecule has 0 aliphatic carbocycles. The molecule has 0 fully saturated rings. The van der Waals surface area contributed by atoms with Gasteiger partial charge in [-0.15, -0.1) is 0 Å². The second kappa shape index (κ2) is 3.93. The van der Waals surface area contributed by atoms with Crippen LogP contribution in [0.25, 0.3) is 0 Å². The molecule has 0 aliphatic heterocycles. The molecule has 6 heteroatoms. The number of aliphatic carboxylic acids is 1. The van der Waals surface area contributed by atoms with E-state index >= 15 is 0 Å². The number of hydrogen-bond acceptors (Lipinski definition) is 5. The lowest BCUT2D eigenvalue weighted by Crippen LogP contribution is -2.50. The molecule has 4 N–H and O–H groups in total. The van der Waals surface area contributed by atoms with Gasteiger partial charge in [0.25, 0.3) is 0 Å². The number of carboxylic acid groups (broad SMARTS) is 1. The van der Waals surface area contributed by atoms with E-state index in [1.807, 2.05) is 0 Å². The number of carbonyl (C=O) groups excluding carboxylic acids is 1. The van der Waals surface area contributed by atoms with Crippen LogP contribution in [0.15, 0.2) is 0 Å². The number of carbonyl (C=O) groups is 2. The van der Waals surface area contributed by atoms with Crippen LogP contribution < -0.4 is 5.73 Å². The number of hydrogen-bond donors (Lipinski definition) is 3. The fourth-order valence-corrected chi connectivity index (χ4v) is 0.673. The molecule has 0 radical (unpaired) electrons. The van der Waals surface area contributed by atoms with Crippen molar-refractivity contribution in [2.24, 2.45) is 5.73 Å². The molecule has 0 aromatic rings. The number of carboxylic acids is 1. The summed E-state index contributed by atoms with van der Waals surface area (Å²) in [5.41, 5.74) is 1.64. The van der Waals surface area contributed by atoms with Crippen LogP contribution in [0.3, 0.4) is 0 Å². The first kappa shape index (κ1) is 12.9. The van der Waals surface area contributed by atoms with E-state index in [9.17, 15) is 9.59 Å². The third-order valence-electron chi connectivity index (χ3n) is 1.20. The minimum absolute atomic E-state index is 0.730. The smallest absolute Gasteiger partial charge is 0.351 e. The van der Waals surface area contributed by atoms with Crippen LogP contribution in [0.2, 0.25) is 0 Å². The Labute approximate surface area is 81.7 Å². The molecule has 1 unspecified atom stereocenters. The lowest BCUT2D eigenvalue weighted by atomic mass is 10.1. The average molecular weight is 205 g/mol. The zero-order valence-corrected chi connectivity index (χ0v) is 8.40. The van der Waals surface area contributed by atoms with Crippen LogP contribution >= 0.6 is 0 Å². The van der Waals surface area contributed by atoms with Gasteiger partial charge in [0.2, 0.25) is 5.72 Å². The predicted octanol–water partition coefficient (Wildman–Crippen LogP) is -0.550. The molecule has 6 nitrogen and oxygen atoms in total. The van der Waals surface area contributed by atoms with E-state index in [-0.39, 0.29) is 0 Å². The zero-order valence-electron chi connectivity index (χ0n) is 8.40. The minimum atomic E-state index is -2.57. The Bertz CT molecular complexity index is 241. The van der Waals surface area contributed by atoms with Crippen LogP contribution in [0.1, 0.15) is 27.2 Å². The van der Waals surface area contributed by atoms with E-state index in [2.05, 4.69) is 0 Å². The van der Waals surface area contributed by atoms with Gasteiger partial charge in [-0.3, -0.25) is 10.5 Å². The molecule has 14 heavy (non-hydrogen) atoms. The first-order valence-electron chi connectivity index (χ1n) is 4.01. The van der Waals surface area contributed by atoms with Crippen LogP contribution in [0, 0.1) is 0 Å². The van der Waals surface area contributed by atoms with Crippen molar-refractivity contribution in [3.05, 3.63) is 0 Å². The van der Waals surface area contributed by atoms with Gasteiger partial charge in [-0.05, 0) is 20.8 Å². The second-order valence-electron chi connectivity index (χ2n) is 3.99. The van der Waals surface area contributed by atoms with Gasteiger partial charge < -0.3 is 14.9 Å². The molecule has 0 saturated carbocycles. The van der Waals surface area contributed by atoms with Crippen LogP contribution in [-0.2, 0) is 14.3 Å². The summed E-state index contributed by atoms with van der Waals surface area (Å²) < 4.78 is 4.78. The summed E-state index contributed by atoms with van der Waals surface area (Å²) in [6.45, 7) is 4.88. The zero-order chi connectivity index (χ0) is 11.6.